The summed E-state index contributed by atoms with van der Waals surface area (Å²) >= 11 is 0. The molecule has 1 atom stereocenters. The average Bonchev–Trinajstić information content (AvgIpc) is 2.59. The lowest BCUT2D eigenvalue weighted by Crippen LogP contribution is -2.35. The van der Waals surface area contributed by atoms with Crippen LogP contribution in [0.3, 0.4) is 0 Å². The maximum atomic E-state index is 11.5. The van der Waals surface area contributed by atoms with Gasteiger partial charge in [0.25, 0.3) is 0 Å². The number of aromatic nitrogens is 2. The minimum atomic E-state index is -3.04. The van der Waals surface area contributed by atoms with Crippen LogP contribution in [-0.4, -0.2) is 40.4 Å². The van der Waals surface area contributed by atoms with Gasteiger partial charge in [-0.15, -0.1) is 0 Å². The molecule has 0 radical (unpaired) electrons. The molecule has 2 rings (SSSR count). The van der Waals surface area contributed by atoms with Crippen molar-refractivity contribution in [1.29, 1.82) is 0 Å². The van der Waals surface area contributed by atoms with Gasteiger partial charge in [-0.1, -0.05) is 0 Å². The van der Waals surface area contributed by atoms with Crippen molar-refractivity contribution in [2.45, 2.75) is 18.9 Å². The topological polar surface area (TPSA) is 107 Å². The molecule has 0 saturated carbocycles. The summed E-state index contributed by atoms with van der Waals surface area (Å²) in [4.78, 5) is 13.9. The lowest BCUT2D eigenvalue weighted by atomic mass is 10.2. The molecule has 9 heteroatoms. The van der Waals surface area contributed by atoms with Gasteiger partial charge < -0.3 is 15.4 Å². The van der Waals surface area contributed by atoms with Gasteiger partial charge in [-0.05, 0) is 22.7 Å². The standard InChI is InChI=1S/C9H14N4O4S/c1-12-6-10-8(13(14)15)9(12)11-7-3-2-4-18(16,17)5-7/h6-7,11H,2-5H2,1H3. The highest BCUT2D eigenvalue weighted by Gasteiger charge is 2.28. The van der Waals surface area contributed by atoms with Crippen LogP contribution in [0.25, 0.3) is 0 Å². The van der Waals surface area contributed by atoms with E-state index in [2.05, 4.69) is 10.3 Å². The third kappa shape index (κ3) is 2.61. The summed E-state index contributed by atoms with van der Waals surface area (Å²) in [6.07, 6.45) is 2.59. The summed E-state index contributed by atoms with van der Waals surface area (Å²) in [5.41, 5.74) is 0. The van der Waals surface area contributed by atoms with E-state index in [1.807, 2.05) is 0 Å². The van der Waals surface area contributed by atoms with E-state index in [1.54, 1.807) is 7.05 Å². The first-order valence-electron chi connectivity index (χ1n) is 5.52. The van der Waals surface area contributed by atoms with E-state index < -0.39 is 14.8 Å². The van der Waals surface area contributed by atoms with Crippen LogP contribution in [0.1, 0.15) is 12.8 Å². The molecule has 1 aliphatic rings. The number of rotatable bonds is 3. The molecule has 1 aromatic heterocycles. The highest BCUT2D eigenvalue weighted by atomic mass is 32.2. The number of imidazole rings is 1. The van der Waals surface area contributed by atoms with E-state index in [9.17, 15) is 18.5 Å². The van der Waals surface area contributed by atoms with Gasteiger partial charge in [-0.2, -0.15) is 0 Å². The SMILES string of the molecule is Cn1cnc([N+](=O)[O-])c1NC1CCCS(=O)(=O)C1. The molecule has 1 N–H and O–H groups in total. The zero-order valence-electron chi connectivity index (χ0n) is 9.87. The minimum Gasteiger partial charge on any atom is -0.361 e. The number of sulfone groups is 1. The van der Waals surface area contributed by atoms with Crippen molar-refractivity contribution in [1.82, 2.24) is 9.55 Å². The molecule has 0 bridgehead atoms. The van der Waals surface area contributed by atoms with E-state index in [1.165, 1.54) is 10.9 Å². The Morgan fingerprint density at radius 3 is 2.94 bits per heavy atom. The number of hydrogen-bond donors (Lipinski definition) is 1. The Labute approximate surface area is 104 Å². The number of nitro groups is 1. The Bertz CT molecular complexity index is 565. The molecule has 0 aliphatic carbocycles. The predicted molar refractivity (Wildman–Crippen MR) is 65.2 cm³/mol. The minimum absolute atomic E-state index is 0.00926. The lowest BCUT2D eigenvalue weighted by molar-refractivity contribution is -0.388. The molecule has 1 aromatic rings. The zero-order chi connectivity index (χ0) is 13.3. The van der Waals surface area contributed by atoms with E-state index in [0.29, 0.717) is 12.8 Å². The Morgan fingerprint density at radius 2 is 2.33 bits per heavy atom. The van der Waals surface area contributed by atoms with Crippen LogP contribution < -0.4 is 5.32 Å². The van der Waals surface area contributed by atoms with Gasteiger partial charge in [0.15, 0.2) is 9.84 Å². The van der Waals surface area contributed by atoms with Gasteiger partial charge in [-0.25, -0.2) is 8.42 Å². The molecule has 0 aromatic carbocycles. The van der Waals surface area contributed by atoms with Crippen molar-refractivity contribution in [2.75, 3.05) is 16.8 Å². The van der Waals surface area contributed by atoms with Crippen LogP contribution in [0.2, 0.25) is 0 Å². The van der Waals surface area contributed by atoms with Gasteiger partial charge in [0, 0.05) is 13.1 Å². The Balaban J connectivity index is 2.19. The van der Waals surface area contributed by atoms with E-state index in [-0.39, 0.29) is 29.2 Å². The lowest BCUT2D eigenvalue weighted by Gasteiger charge is -2.23. The number of anilines is 1. The van der Waals surface area contributed by atoms with Crippen LogP contribution in [0, 0.1) is 10.1 Å². The summed E-state index contributed by atoms with van der Waals surface area (Å²) in [5.74, 6) is 0.177. The average molecular weight is 274 g/mol. The summed E-state index contributed by atoms with van der Waals surface area (Å²) in [6.45, 7) is 0. The first-order valence-corrected chi connectivity index (χ1v) is 7.34. The van der Waals surface area contributed by atoms with Gasteiger partial charge >= 0.3 is 5.82 Å². The van der Waals surface area contributed by atoms with Crippen molar-refractivity contribution in [3.05, 3.63) is 16.4 Å². The first kappa shape index (κ1) is 12.8. The molecular weight excluding hydrogens is 260 g/mol. The molecule has 1 aliphatic heterocycles. The first-order chi connectivity index (χ1) is 8.39. The zero-order valence-corrected chi connectivity index (χ0v) is 10.7. The van der Waals surface area contributed by atoms with Crippen LogP contribution in [-0.2, 0) is 16.9 Å². The van der Waals surface area contributed by atoms with Crippen LogP contribution in [0.5, 0.6) is 0 Å². The Hall–Kier alpha value is -1.64. The monoisotopic (exact) mass is 274 g/mol. The van der Waals surface area contributed by atoms with Crippen molar-refractivity contribution in [2.24, 2.45) is 7.05 Å². The number of aryl methyl sites for hydroxylation is 1. The molecule has 0 spiro atoms. The van der Waals surface area contributed by atoms with Gasteiger partial charge in [0.1, 0.15) is 0 Å². The second-order valence-corrected chi connectivity index (χ2v) is 6.61. The highest BCUT2D eigenvalue weighted by molar-refractivity contribution is 7.91. The third-order valence-corrected chi connectivity index (χ3v) is 4.72. The van der Waals surface area contributed by atoms with E-state index >= 15 is 0 Å². The second-order valence-electron chi connectivity index (χ2n) is 4.38. The molecule has 1 unspecified atom stereocenters. The fourth-order valence-corrected chi connectivity index (χ4v) is 3.68. The van der Waals surface area contributed by atoms with Crippen molar-refractivity contribution in [3.63, 3.8) is 0 Å². The summed E-state index contributed by atoms with van der Waals surface area (Å²) in [5, 5.41) is 13.7. The van der Waals surface area contributed by atoms with Gasteiger partial charge in [-0.3, -0.25) is 4.57 Å². The molecule has 1 saturated heterocycles. The molecule has 1 fully saturated rings. The van der Waals surface area contributed by atoms with Crippen molar-refractivity contribution in [3.8, 4) is 0 Å². The Kier molecular flexibility index (Phi) is 3.24. The second kappa shape index (κ2) is 4.56. The van der Waals surface area contributed by atoms with Crippen molar-refractivity contribution >= 4 is 21.5 Å². The summed E-state index contributed by atoms with van der Waals surface area (Å²) < 4.78 is 24.5. The van der Waals surface area contributed by atoms with Gasteiger partial charge in [0.05, 0.1) is 11.5 Å². The molecule has 8 nitrogen and oxygen atoms in total. The van der Waals surface area contributed by atoms with Gasteiger partial charge in [0.2, 0.25) is 12.1 Å². The van der Waals surface area contributed by atoms with Crippen LogP contribution in [0.15, 0.2) is 6.33 Å². The highest BCUT2D eigenvalue weighted by Crippen LogP contribution is 2.24. The Morgan fingerprint density at radius 1 is 1.61 bits per heavy atom. The maximum absolute atomic E-state index is 11.5. The number of nitrogens with one attached hydrogen (secondary N) is 1. The maximum Gasteiger partial charge on any atom is 0.406 e. The predicted octanol–water partition coefficient (Wildman–Crippen LogP) is 0.317. The number of nitrogens with zero attached hydrogens (tertiary/aromatic N) is 3. The molecule has 18 heavy (non-hydrogen) atoms. The third-order valence-electron chi connectivity index (χ3n) is 2.89. The van der Waals surface area contributed by atoms with Crippen molar-refractivity contribution < 1.29 is 13.3 Å². The quantitative estimate of drug-likeness (QED) is 0.628. The van der Waals surface area contributed by atoms with Crippen LogP contribution >= 0.6 is 0 Å². The normalized spacial score (nSPS) is 22.6. The molecule has 0 amide bonds. The van der Waals surface area contributed by atoms with Crippen LogP contribution in [0.4, 0.5) is 11.6 Å². The molecule has 100 valence electrons. The largest absolute Gasteiger partial charge is 0.406 e. The van der Waals surface area contributed by atoms with E-state index in [4.69, 9.17) is 0 Å². The van der Waals surface area contributed by atoms with E-state index in [0.717, 1.165) is 0 Å². The smallest absolute Gasteiger partial charge is 0.361 e. The molecular formula is C9H14N4O4S. The fraction of sp³-hybridized carbons (Fsp3) is 0.667. The summed E-state index contributed by atoms with van der Waals surface area (Å²) in [7, 11) is -1.42. The summed E-state index contributed by atoms with van der Waals surface area (Å²) in [6, 6.07) is -0.294. The number of hydrogen-bond acceptors (Lipinski definition) is 6. The molecule has 2 heterocycles. The fourth-order valence-electron chi connectivity index (χ4n) is 2.05.